The van der Waals surface area contributed by atoms with Gasteiger partial charge in [0.05, 0.1) is 4.90 Å². The molecule has 0 radical (unpaired) electrons. The van der Waals surface area contributed by atoms with Gasteiger partial charge in [-0.3, -0.25) is 4.79 Å². The topological polar surface area (TPSA) is 84.5 Å². The third kappa shape index (κ3) is 7.87. The molecule has 0 heterocycles. The number of sulfonamides is 1. The maximum Gasteiger partial charge on any atom is 0.258 e. The summed E-state index contributed by atoms with van der Waals surface area (Å²) in [4.78, 5) is 12.2. The highest BCUT2D eigenvalue weighted by Crippen LogP contribution is 2.16. The number of hydrogen-bond acceptors (Lipinski definition) is 4. The summed E-state index contributed by atoms with van der Waals surface area (Å²) in [6, 6.07) is 16.1. The number of nitrogens with one attached hydrogen (secondary N) is 2. The molecule has 0 aromatic heterocycles. The molecular weight excluding hydrogens is 388 g/mol. The molecule has 2 aromatic carbocycles. The van der Waals surface area contributed by atoms with Gasteiger partial charge in [-0.15, -0.1) is 0 Å². The van der Waals surface area contributed by atoms with Gasteiger partial charge in [-0.2, -0.15) is 0 Å². The third-order valence-corrected chi connectivity index (χ3v) is 6.19. The molecule has 0 unspecified atom stereocenters. The molecule has 0 aliphatic rings. The lowest BCUT2D eigenvalue weighted by atomic mass is 10.1. The molecular formula is C22H30N2O4S. The lowest BCUT2D eigenvalue weighted by Gasteiger charge is -2.15. The van der Waals surface area contributed by atoms with Crippen LogP contribution in [-0.2, 0) is 21.2 Å². The van der Waals surface area contributed by atoms with Crippen molar-refractivity contribution in [3.05, 3.63) is 60.2 Å². The normalized spacial score (nSPS) is 13.5. The zero-order valence-corrected chi connectivity index (χ0v) is 18.0. The summed E-state index contributed by atoms with van der Waals surface area (Å²) in [5.41, 5.74) is 1.24. The molecule has 6 nitrogen and oxygen atoms in total. The van der Waals surface area contributed by atoms with Gasteiger partial charge in [-0.1, -0.05) is 37.3 Å². The van der Waals surface area contributed by atoms with Gasteiger partial charge in [0.1, 0.15) is 5.75 Å². The van der Waals surface area contributed by atoms with Crippen LogP contribution in [0, 0.1) is 0 Å². The number of aryl methyl sites for hydroxylation is 1. The average molecular weight is 419 g/mol. The van der Waals surface area contributed by atoms with E-state index in [-0.39, 0.29) is 29.5 Å². The van der Waals surface area contributed by atoms with Gasteiger partial charge in [-0.05, 0) is 62.9 Å². The molecule has 0 fully saturated rings. The predicted molar refractivity (Wildman–Crippen MR) is 114 cm³/mol. The van der Waals surface area contributed by atoms with Gasteiger partial charge in [0.2, 0.25) is 10.0 Å². The largest absolute Gasteiger partial charge is 0.484 e. The fourth-order valence-corrected chi connectivity index (χ4v) is 4.02. The molecule has 7 heteroatoms. The molecule has 0 spiro atoms. The van der Waals surface area contributed by atoms with Crippen molar-refractivity contribution in [3.63, 3.8) is 0 Å². The standard InChI is InChI=1S/C22H30N2O4S/c1-4-17(2)24-29(26,27)21-14-12-20(13-15-21)28-16-22(25)23-18(3)10-11-19-8-6-5-7-9-19/h5-9,12-15,17-18,24H,4,10-11,16H2,1-3H3,(H,23,25)/t17-,18+/m1/s1. The van der Waals surface area contributed by atoms with E-state index in [0.29, 0.717) is 12.2 Å². The number of ether oxygens (including phenoxy) is 1. The van der Waals surface area contributed by atoms with E-state index in [1.54, 1.807) is 12.1 Å². The summed E-state index contributed by atoms with van der Waals surface area (Å²) in [6.07, 6.45) is 2.44. The fraction of sp³-hybridized carbons (Fsp3) is 0.409. The molecule has 29 heavy (non-hydrogen) atoms. The van der Waals surface area contributed by atoms with Crippen molar-refractivity contribution in [1.29, 1.82) is 0 Å². The van der Waals surface area contributed by atoms with Crippen LogP contribution in [0.1, 0.15) is 39.2 Å². The van der Waals surface area contributed by atoms with E-state index in [2.05, 4.69) is 22.2 Å². The zero-order chi connectivity index (χ0) is 21.3. The van der Waals surface area contributed by atoms with E-state index in [4.69, 9.17) is 4.74 Å². The highest BCUT2D eigenvalue weighted by Gasteiger charge is 2.16. The summed E-state index contributed by atoms with van der Waals surface area (Å²) >= 11 is 0. The Labute approximate surface area is 173 Å². The van der Waals surface area contributed by atoms with Crippen molar-refractivity contribution in [2.24, 2.45) is 0 Å². The van der Waals surface area contributed by atoms with Crippen molar-refractivity contribution in [2.75, 3.05) is 6.61 Å². The molecule has 0 aliphatic carbocycles. The maximum atomic E-state index is 12.2. The predicted octanol–water partition coefficient (Wildman–Crippen LogP) is 3.28. The number of hydrogen-bond donors (Lipinski definition) is 2. The number of carbonyl (C=O) groups is 1. The van der Waals surface area contributed by atoms with E-state index < -0.39 is 10.0 Å². The minimum atomic E-state index is -3.55. The number of carbonyl (C=O) groups excluding carboxylic acids is 1. The molecule has 2 atom stereocenters. The Bertz CT molecular complexity index is 867. The van der Waals surface area contributed by atoms with Crippen LogP contribution >= 0.6 is 0 Å². The van der Waals surface area contributed by atoms with Crippen molar-refractivity contribution < 1.29 is 17.9 Å². The molecule has 0 bridgehead atoms. The van der Waals surface area contributed by atoms with Gasteiger partial charge >= 0.3 is 0 Å². The van der Waals surface area contributed by atoms with Crippen LogP contribution in [0.2, 0.25) is 0 Å². The van der Waals surface area contributed by atoms with Gasteiger partial charge in [0.15, 0.2) is 6.61 Å². The molecule has 0 saturated heterocycles. The van der Waals surface area contributed by atoms with Gasteiger partial charge < -0.3 is 10.1 Å². The Morgan fingerprint density at radius 3 is 2.28 bits per heavy atom. The molecule has 2 rings (SSSR count). The summed E-state index contributed by atoms with van der Waals surface area (Å²) in [7, 11) is -3.55. The number of amides is 1. The lowest BCUT2D eigenvalue weighted by molar-refractivity contribution is -0.123. The molecule has 0 saturated carbocycles. The van der Waals surface area contributed by atoms with Crippen LogP contribution in [0.25, 0.3) is 0 Å². The highest BCUT2D eigenvalue weighted by molar-refractivity contribution is 7.89. The molecule has 2 aromatic rings. The van der Waals surface area contributed by atoms with E-state index in [1.807, 2.05) is 39.0 Å². The Morgan fingerprint density at radius 1 is 1.00 bits per heavy atom. The molecule has 0 aliphatic heterocycles. The monoisotopic (exact) mass is 418 g/mol. The van der Waals surface area contributed by atoms with E-state index >= 15 is 0 Å². The second kappa shape index (κ2) is 11.0. The minimum absolute atomic E-state index is 0.0328. The quantitative estimate of drug-likeness (QED) is 0.587. The lowest BCUT2D eigenvalue weighted by Crippen LogP contribution is -2.36. The second-order valence-electron chi connectivity index (χ2n) is 7.18. The summed E-state index contributed by atoms with van der Waals surface area (Å²) < 4.78 is 32.6. The van der Waals surface area contributed by atoms with Gasteiger partial charge in [0.25, 0.3) is 5.91 Å². The van der Waals surface area contributed by atoms with E-state index in [9.17, 15) is 13.2 Å². The number of rotatable bonds is 11. The smallest absolute Gasteiger partial charge is 0.258 e. The maximum absolute atomic E-state index is 12.2. The van der Waals surface area contributed by atoms with Crippen molar-refractivity contribution in [3.8, 4) is 5.75 Å². The minimum Gasteiger partial charge on any atom is -0.484 e. The van der Waals surface area contributed by atoms with Crippen molar-refractivity contribution >= 4 is 15.9 Å². The second-order valence-corrected chi connectivity index (χ2v) is 8.90. The Morgan fingerprint density at radius 2 is 1.66 bits per heavy atom. The van der Waals surface area contributed by atoms with Crippen LogP contribution in [0.15, 0.2) is 59.5 Å². The highest BCUT2D eigenvalue weighted by atomic mass is 32.2. The third-order valence-electron chi connectivity index (χ3n) is 4.59. The van der Waals surface area contributed by atoms with Crippen LogP contribution in [0.4, 0.5) is 0 Å². The van der Waals surface area contributed by atoms with Crippen LogP contribution in [0.5, 0.6) is 5.75 Å². The van der Waals surface area contributed by atoms with Gasteiger partial charge in [0, 0.05) is 12.1 Å². The van der Waals surface area contributed by atoms with Crippen LogP contribution < -0.4 is 14.8 Å². The van der Waals surface area contributed by atoms with Gasteiger partial charge in [-0.25, -0.2) is 13.1 Å². The Hall–Kier alpha value is -2.38. The Kier molecular flexibility index (Phi) is 8.67. The zero-order valence-electron chi connectivity index (χ0n) is 17.2. The van der Waals surface area contributed by atoms with Crippen molar-refractivity contribution in [1.82, 2.24) is 10.0 Å². The first-order valence-corrected chi connectivity index (χ1v) is 11.4. The summed E-state index contributed by atoms with van der Waals surface area (Å²) in [6.45, 7) is 5.57. The first kappa shape index (κ1) is 22.9. The van der Waals surface area contributed by atoms with E-state index in [1.165, 1.54) is 17.7 Å². The number of benzene rings is 2. The van der Waals surface area contributed by atoms with Crippen LogP contribution in [0.3, 0.4) is 0 Å². The van der Waals surface area contributed by atoms with Crippen molar-refractivity contribution in [2.45, 2.75) is 57.0 Å². The first-order valence-electron chi connectivity index (χ1n) is 9.88. The first-order chi connectivity index (χ1) is 13.8. The SMILES string of the molecule is CC[C@@H](C)NS(=O)(=O)c1ccc(OCC(=O)N[C@@H](C)CCc2ccccc2)cc1. The average Bonchev–Trinajstić information content (AvgIpc) is 2.71. The summed E-state index contributed by atoms with van der Waals surface area (Å²) in [5.74, 6) is 0.236. The molecule has 158 valence electrons. The molecule has 2 N–H and O–H groups in total. The fourth-order valence-electron chi connectivity index (χ4n) is 2.70. The van der Waals surface area contributed by atoms with E-state index in [0.717, 1.165) is 12.8 Å². The Balaban J connectivity index is 1.78. The van der Waals surface area contributed by atoms with Crippen LogP contribution in [-0.4, -0.2) is 33.0 Å². The summed E-state index contributed by atoms with van der Waals surface area (Å²) in [5, 5.41) is 2.91. The molecule has 1 amide bonds.